The fourth-order valence-corrected chi connectivity index (χ4v) is 3.57. The van der Waals surface area contributed by atoms with Crippen LogP contribution in [0.15, 0.2) is 35.0 Å². The van der Waals surface area contributed by atoms with Gasteiger partial charge in [-0.1, -0.05) is 0 Å². The number of nitrogens with zero attached hydrogens (tertiary/aromatic N) is 1. The van der Waals surface area contributed by atoms with Gasteiger partial charge in [-0.3, -0.25) is 4.79 Å². The maximum absolute atomic E-state index is 11.3. The maximum atomic E-state index is 11.3. The Balaban J connectivity index is 1.85. The molecule has 2 N–H and O–H groups in total. The molecule has 0 saturated carbocycles. The molecule has 0 saturated heterocycles. The third-order valence-electron chi connectivity index (χ3n) is 3.38. The third-order valence-corrected chi connectivity index (χ3v) is 5.04. The Morgan fingerprint density at radius 3 is 2.86 bits per heavy atom. The van der Waals surface area contributed by atoms with E-state index in [1.54, 1.807) is 30.6 Å². The minimum atomic E-state index is -0.978. The Kier molecular flexibility index (Phi) is 3.43. The molecule has 0 bridgehead atoms. The van der Waals surface area contributed by atoms with E-state index in [0.717, 1.165) is 5.69 Å². The molecular formula is C15H14N2O2S2. The van der Waals surface area contributed by atoms with Crippen molar-refractivity contribution in [3.05, 3.63) is 40.7 Å². The van der Waals surface area contributed by atoms with E-state index in [9.17, 15) is 9.90 Å². The molecular weight excluding hydrogens is 304 g/mol. The average Bonchev–Trinajstić information content (AvgIpc) is 3.06. The molecule has 4 nitrogen and oxygen atoms in total. The number of nitrogens with one attached hydrogen (secondary N) is 1. The van der Waals surface area contributed by atoms with Crippen LogP contribution in [-0.4, -0.2) is 16.1 Å². The Hall–Kier alpha value is -1.92. The summed E-state index contributed by atoms with van der Waals surface area (Å²) in [6, 6.07) is 8.21. The minimum Gasteiger partial charge on any atom is -0.481 e. The summed E-state index contributed by atoms with van der Waals surface area (Å²) < 4.78 is 1.24. The van der Waals surface area contributed by atoms with Crippen LogP contribution in [-0.2, 0) is 10.2 Å². The van der Waals surface area contributed by atoms with E-state index in [0.29, 0.717) is 10.8 Å². The number of carbonyl (C=O) groups is 1. The first-order valence-corrected chi connectivity index (χ1v) is 8.16. The standard InChI is InChI=1S/C15H14N2O2S2/c1-15(2,13(18)19)12-8-21-14(17-12)16-10-3-4-11-9(7-10)5-6-20-11/h3-8H,1-2H3,(H,16,17)(H,18,19). The lowest BCUT2D eigenvalue weighted by atomic mass is 9.90. The van der Waals surface area contributed by atoms with Crippen LogP contribution < -0.4 is 5.32 Å². The molecule has 108 valence electrons. The molecule has 0 amide bonds. The van der Waals surface area contributed by atoms with Crippen molar-refractivity contribution in [3.8, 4) is 0 Å². The molecule has 2 heterocycles. The summed E-state index contributed by atoms with van der Waals surface area (Å²) in [7, 11) is 0. The fraction of sp³-hybridized carbons (Fsp3) is 0.200. The lowest BCUT2D eigenvalue weighted by Gasteiger charge is -2.15. The van der Waals surface area contributed by atoms with Crippen molar-refractivity contribution in [1.82, 2.24) is 4.98 Å². The SMILES string of the molecule is CC(C)(C(=O)O)c1csc(Nc2ccc3sccc3c2)n1. The van der Waals surface area contributed by atoms with E-state index in [2.05, 4.69) is 33.9 Å². The van der Waals surface area contributed by atoms with Gasteiger partial charge in [-0.25, -0.2) is 4.98 Å². The van der Waals surface area contributed by atoms with E-state index in [-0.39, 0.29) is 0 Å². The summed E-state index contributed by atoms with van der Waals surface area (Å²) in [5.74, 6) is -0.876. The molecule has 0 unspecified atom stereocenters. The number of fused-ring (bicyclic) bond motifs is 1. The monoisotopic (exact) mass is 318 g/mol. The molecule has 1 aromatic carbocycles. The Morgan fingerprint density at radius 1 is 1.29 bits per heavy atom. The largest absolute Gasteiger partial charge is 0.481 e. The van der Waals surface area contributed by atoms with Gasteiger partial charge >= 0.3 is 5.97 Å². The molecule has 0 fully saturated rings. The number of aromatic nitrogens is 1. The molecule has 0 aliphatic heterocycles. The smallest absolute Gasteiger partial charge is 0.315 e. The molecule has 0 radical (unpaired) electrons. The van der Waals surface area contributed by atoms with Crippen LogP contribution in [0.5, 0.6) is 0 Å². The highest BCUT2D eigenvalue weighted by Gasteiger charge is 2.32. The van der Waals surface area contributed by atoms with Gasteiger partial charge in [0.05, 0.1) is 5.69 Å². The van der Waals surface area contributed by atoms with Gasteiger partial charge in [0.25, 0.3) is 0 Å². The molecule has 0 aliphatic rings. The zero-order valence-electron chi connectivity index (χ0n) is 11.6. The first kappa shape index (κ1) is 14.0. The molecule has 3 rings (SSSR count). The number of anilines is 2. The molecule has 2 aromatic heterocycles. The van der Waals surface area contributed by atoms with Gasteiger partial charge in [0.15, 0.2) is 5.13 Å². The minimum absolute atomic E-state index is 0.569. The van der Waals surface area contributed by atoms with Crippen molar-refractivity contribution in [2.45, 2.75) is 19.3 Å². The van der Waals surface area contributed by atoms with Crippen LogP contribution in [0.1, 0.15) is 19.5 Å². The fourth-order valence-electron chi connectivity index (χ4n) is 1.90. The number of hydrogen-bond acceptors (Lipinski definition) is 5. The molecule has 21 heavy (non-hydrogen) atoms. The number of aliphatic carboxylic acids is 1. The van der Waals surface area contributed by atoms with Crippen molar-refractivity contribution in [2.75, 3.05) is 5.32 Å². The second kappa shape index (κ2) is 5.13. The number of rotatable bonds is 4. The maximum Gasteiger partial charge on any atom is 0.315 e. The van der Waals surface area contributed by atoms with Gasteiger partial charge in [0, 0.05) is 15.8 Å². The van der Waals surface area contributed by atoms with Crippen molar-refractivity contribution in [2.24, 2.45) is 0 Å². The average molecular weight is 318 g/mol. The predicted molar refractivity (Wildman–Crippen MR) is 87.9 cm³/mol. The topological polar surface area (TPSA) is 62.2 Å². The highest BCUT2D eigenvalue weighted by molar-refractivity contribution is 7.17. The highest BCUT2D eigenvalue weighted by atomic mass is 32.1. The summed E-state index contributed by atoms with van der Waals surface area (Å²) in [5, 5.41) is 18.2. The predicted octanol–water partition coefficient (Wildman–Crippen LogP) is 4.46. The van der Waals surface area contributed by atoms with Gasteiger partial charge in [-0.15, -0.1) is 22.7 Å². The first-order chi connectivity index (χ1) is 9.96. The first-order valence-electron chi connectivity index (χ1n) is 6.40. The van der Waals surface area contributed by atoms with E-state index < -0.39 is 11.4 Å². The zero-order chi connectivity index (χ0) is 15.0. The summed E-state index contributed by atoms with van der Waals surface area (Å²) in [6.07, 6.45) is 0. The summed E-state index contributed by atoms with van der Waals surface area (Å²) in [6.45, 7) is 3.32. The lowest BCUT2D eigenvalue weighted by molar-refractivity contribution is -0.142. The molecule has 0 aliphatic carbocycles. The zero-order valence-corrected chi connectivity index (χ0v) is 13.2. The number of hydrogen-bond donors (Lipinski definition) is 2. The second-order valence-electron chi connectivity index (χ2n) is 5.27. The number of thiazole rings is 1. The molecule has 6 heteroatoms. The van der Waals surface area contributed by atoms with Gasteiger partial charge in [0.2, 0.25) is 0 Å². The van der Waals surface area contributed by atoms with Crippen LogP contribution in [0.2, 0.25) is 0 Å². The van der Waals surface area contributed by atoms with Gasteiger partial charge in [-0.05, 0) is 48.9 Å². The Morgan fingerprint density at radius 2 is 2.10 bits per heavy atom. The molecule has 0 atom stereocenters. The molecule has 3 aromatic rings. The van der Waals surface area contributed by atoms with Crippen LogP contribution >= 0.6 is 22.7 Å². The second-order valence-corrected chi connectivity index (χ2v) is 7.07. The Bertz CT molecular complexity index is 805. The number of thiophene rings is 1. The van der Waals surface area contributed by atoms with Crippen molar-refractivity contribution >= 4 is 49.5 Å². The van der Waals surface area contributed by atoms with Crippen LogP contribution in [0.25, 0.3) is 10.1 Å². The van der Waals surface area contributed by atoms with Gasteiger partial charge in [-0.2, -0.15) is 0 Å². The third kappa shape index (κ3) is 2.64. The number of carboxylic acids is 1. The van der Waals surface area contributed by atoms with Gasteiger partial charge < -0.3 is 10.4 Å². The number of benzene rings is 1. The summed E-state index contributed by atoms with van der Waals surface area (Å²) >= 11 is 3.12. The van der Waals surface area contributed by atoms with Crippen LogP contribution in [0.4, 0.5) is 10.8 Å². The molecule has 0 spiro atoms. The normalized spacial score (nSPS) is 11.7. The van der Waals surface area contributed by atoms with Crippen molar-refractivity contribution in [3.63, 3.8) is 0 Å². The van der Waals surface area contributed by atoms with E-state index in [1.807, 2.05) is 6.07 Å². The summed E-state index contributed by atoms with van der Waals surface area (Å²) in [4.78, 5) is 15.6. The lowest BCUT2D eigenvalue weighted by Crippen LogP contribution is -2.28. The summed E-state index contributed by atoms with van der Waals surface area (Å²) in [5.41, 5.74) is 0.544. The number of carboxylic acid groups (broad SMARTS) is 1. The van der Waals surface area contributed by atoms with Crippen LogP contribution in [0, 0.1) is 0 Å². The van der Waals surface area contributed by atoms with E-state index in [1.165, 1.54) is 21.4 Å². The van der Waals surface area contributed by atoms with Crippen LogP contribution in [0.3, 0.4) is 0 Å². The quantitative estimate of drug-likeness (QED) is 0.745. The highest BCUT2D eigenvalue weighted by Crippen LogP contribution is 2.30. The van der Waals surface area contributed by atoms with Crippen molar-refractivity contribution in [1.29, 1.82) is 0 Å². The van der Waals surface area contributed by atoms with Gasteiger partial charge in [0.1, 0.15) is 5.41 Å². The van der Waals surface area contributed by atoms with Crippen molar-refractivity contribution < 1.29 is 9.90 Å². The van der Waals surface area contributed by atoms with E-state index >= 15 is 0 Å². The Labute approximate surface area is 130 Å². The van der Waals surface area contributed by atoms with E-state index in [4.69, 9.17) is 0 Å².